The highest BCUT2D eigenvalue weighted by Crippen LogP contribution is 2.23. The van der Waals surface area contributed by atoms with E-state index in [4.69, 9.17) is 4.74 Å². The van der Waals surface area contributed by atoms with Gasteiger partial charge in [-0.05, 0) is 42.3 Å². The summed E-state index contributed by atoms with van der Waals surface area (Å²) in [4.78, 5) is 16.5. The Labute approximate surface area is 151 Å². The molecule has 0 unspecified atom stereocenters. The van der Waals surface area contributed by atoms with Crippen molar-refractivity contribution in [3.63, 3.8) is 0 Å². The van der Waals surface area contributed by atoms with E-state index in [2.05, 4.69) is 17.2 Å². The second-order valence-corrected chi connectivity index (χ2v) is 5.76. The fourth-order valence-electron chi connectivity index (χ4n) is 2.46. The van der Waals surface area contributed by atoms with Gasteiger partial charge in [-0.3, -0.25) is 4.79 Å². The van der Waals surface area contributed by atoms with E-state index in [-0.39, 0.29) is 18.3 Å². The highest BCUT2D eigenvalue weighted by molar-refractivity contribution is 5.94. The number of ether oxygens (including phenoxy) is 1. The molecule has 26 heavy (non-hydrogen) atoms. The lowest BCUT2D eigenvalue weighted by Crippen LogP contribution is -2.23. The zero-order chi connectivity index (χ0) is 18.4. The number of aryl methyl sites for hydroxylation is 1. The third kappa shape index (κ3) is 4.45. The van der Waals surface area contributed by atoms with Gasteiger partial charge in [0.25, 0.3) is 5.91 Å². The molecule has 0 fully saturated rings. The maximum absolute atomic E-state index is 13.3. The van der Waals surface area contributed by atoms with E-state index < -0.39 is 0 Å². The molecule has 0 saturated heterocycles. The van der Waals surface area contributed by atoms with Gasteiger partial charge in [-0.15, -0.1) is 0 Å². The Morgan fingerprint density at radius 3 is 2.65 bits per heavy atom. The van der Waals surface area contributed by atoms with Crippen molar-refractivity contribution < 1.29 is 13.9 Å². The van der Waals surface area contributed by atoms with Crippen molar-refractivity contribution in [2.75, 3.05) is 0 Å². The SMILES string of the molecule is CCc1ccc(C(=O)NCc2cccnc2Oc2cccc(F)c2)cc1. The number of hydrogen-bond donors (Lipinski definition) is 1. The van der Waals surface area contributed by atoms with Gasteiger partial charge in [-0.1, -0.05) is 31.2 Å². The summed E-state index contributed by atoms with van der Waals surface area (Å²) >= 11 is 0. The molecule has 0 saturated carbocycles. The summed E-state index contributed by atoms with van der Waals surface area (Å²) < 4.78 is 19.0. The van der Waals surface area contributed by atoms with Crippen LogP contribution >= 0.6 is 0 Å². The van der Waals surface area contributed by atoms with E-state index in [1.54, 1.807) is 24.4 Å². The minimum absolute atomic E-state index is 0.173. The molecule has 3 rings (SSSR count). The molecule has 3 aromatic rings. The van der Waals surface area contributed by atoms with Crippen molar-refractivity contribution >= 4 is 5.91 Å². The van der Waals surface area contributed by atoms with Gasteiger partial charge in [0.15, 0.2) is 0 Å². The number of aromatic nitrogens is 1. The predicted molar refractivity (Wildman–Crippen MR) is 97.7 cm³/mol. The largest absolute Gasteiger partial charge is 0.439 e. The molecule has 1 aromatic heterocycles. The van der Waals surface area contributed by atoms with E-state index in [1.165, 1.54) is 17.7 Å². The number of halogens is 1. The van der Waals surface area contributed by atoms with Crippen LogP contribution in [0.25, 0.3) is 0 Å². The quantitative estimate of drug-likeness (QED) is 0.712. The van der Waals surface area contributed by atoms with Crippen molar-refractivity contribution in [2.24, 2.45) is 0 Å². The summed E-state index contributed by atoms with van der Waals surface area (Å²) in [5, 5.41) is 2.86. The van der Waals surface area contributed by atoms with Crippen molar-refractivity contribution in [2.45, 2.75) is 19.9 Å². The summed E-state index contributed by atoms with van der Waals surface area (Å²) in [5.41, 5.74) is 2.48. The lowest BCUT2D eigenvalue weighted by atomic mass is 10.1. The zero-order valence-electron chi connectivity index (χ0n) is 14.4. The molecule has 1 N–H and O–H groups in total. The molecule has 4 nitrogen and oxygen atoms in total. The second-order valence-electron chi connectivity index (χ2n) is 5.76. The molecule has 1 heterocycles. The molecular weight excluding hydrogens is 331 g/mol. The van der Waals surface area contributed by atoms with Crippen molar-refractivity contribution in [3.05, 3.63) is 89.4 Å². The van der Waals surface area contributed by atoms with Crippen LogP contribution in [-0.4, -0.2) is 10.9 Å². The monoisotopic (exact) mass is 350 g/mol. The van der Waals surface area contributed by atoms with Crippen LogP contribution in [0.2, 0.25) is 0 Å². The van der Waals surface area contributed by atoms with Crippen LogP contribution in [0, 0.1) is 5.82 Å². The topological polar surface area (TPSA) is 51.2 Å². The van der Waals surface area contributed by atoms with E-state index in [0.29, 0.717) is 22.8 Å². The number of rotatable bonds is 6. The Balaban J connectivity index is 1.68. The maximum Gasteiger partial charge on any atom is 0.251 e. The number of pyridine rings is 1. The number of amides is 1. The van der Waals surface area contributed by atoms with Crippen LogP contribution in [0.5, 0.6) is 11.6 Å². The van der Waals surface area contributed by atoms with Gasteiger partial charge in [0.1, 0.15) is 11.6 Å². The Morgan fingerprint density at radius 2 is 1.92 bits per heavy atom. The Kier molecular flexibility index (Phi) is 5.59. The van der Waals surface area contributed by atoms with Crippen LogP contribution in [-0.2, 0) is 13.0 Å². The predicted octanol–water partition coefficient (Wildman–Crippen LogP) is 4.51. The molecule has 0 aliphatic carbocycles. The first-order valence-electron chi connectivity index (χ1n) is 8.40. The molecule has 0 bridgehead atoms. The summed E-state index contributed by atoms with van der Waals surface area (Å²) in [5.74, 6) is 0.128. The zero-order valence-corrected chi connectivity index (χ0v) is 14.4. The van der Waals surface area contributed by atoms with Crippen molar-refractivity contribution in [1.29, 1.82) is 0 Å². The minimum atomic E-state index is -0.385. The number of hydrogen-bond acceptors (Lipinski definition) is 3. The van der Waals surface area contributed by atoms with E-state index in [1.807, 2.05) is 30.3 Å². The lowest BCUT2D eigenvalue weighted by molar-refractivity contribution is 0.0950. The standard InChI is InChI=1S/C21H19FN2O2/c1-2-15-8-10-16(11-9-15)20(25)24-14-17-5-4-12-23-21(17)26-19-7-3-6-18(22)13-19/h3-13H,2,14H2,1H3,(H,24,25). The molecule has 132 valence electrons. The Bertz CT molecular complexity index is 895. The lowest BCUT2D eigenvalue weighted by Gasteiger charge is -2.11. The molecule has 0 radical (unpaired) electrons. The first kappa shape index (κ1) is 17.6. The van der Waals surface area contributed by atoms with Crippen molar-refractivity contribution in [3.8, 4) is 11.6 Å². The number of nitrogens with zero attached hydrogens (tertiary/aromatic N) is 1. The molecule has 2 aromatic carbocycles. The molecule has 5 heteroatoms. The first-order valence-corrected chi connectivity index (χ1v) is 8.40. The summed E-state index contributed by atoms with van der Waals surface area (Å²) in [6, 6.07) is 16.9. The Hall–Kier alpha value is -3.21. The van der Waals surface area contributed by atoms with Gasteiger partial charge in [0.05, 0.1) is 0 Å². The summed E-state index contributed by atoms with van der Waals surface area (Å²) in [6.45, 7) is 2.32. The van der Waals surface area contributed by atoms with Crippen LogP contribution in [0.3, 0.4) is 0 Å². The highest BCUT2D eigenvalue weighted by atomic mass is 19.1. The van der Waals surface area contributed by atoms with Crippen molar-refractivity contribution in [1.82, 2.24) is 10.3 Å². The second kappa shape index (κ2) is 8.25. The molecule has 0 atom stereocenters. The van der Waals surface area contributed by atoms with Crippen LogP contribution in [0.4, 0.5) is 4.39 Å². The average Bonchev–Trinajstić information content (AvgIpc) is 2.67. The average molecular weight is 350 g/mol. The molecule has 0 aliphatic rings. The van der Waals surface area contributed by atoms with Crippen LogP contribution in [0.15, 0.2) is 66.9 Å². The first-order chi connectivity index (χ1) is 12.7. The smallest absolute Gasteiger partial charge is 0.251 e. The fourth-order valence-corrected chi connectivity index (χ4v) is 2.46. The van der Waals surface area contributed by atoms with E-state index in [0.717, 1.165) is 6.42 Å². The summed E-state index contributed by atoms with van der Waals surface area (Å²) in [7, 11) is 0. The summed E-state index contributed by atoms with van der Waals surface area (Å²) in [6.07, 6.45) is 2.52. The molecule has 1 amide bonds. The normalized spacial score (nSPS) is 10.4. The number of benzene rings is 2. The number of carbonyl (C=O) groups is 1. The van der Waals surface area contributed by atoms with Gasteiger partial charge in [0.2, 0.25) is 5.88 Å². The fraction of sp³-hybridized carbons (Fsp3) is 0.143. The van der Waals surface area contributed by atoms with Crippen LogP contribution < -0.4 is 10.1 Å². The highest BCUT2D eigenvalue weighted by Gasteiger charge is 2.10. The van der Waals surface area contributed by atoms with Gasteiger partial charge in [0, 0.05) is 29.9 Å². The van der Waals surface area contributed by atoms with E-state index >= 15 is 0 Å². The number of carbonyl (C=O) groups excluding carboxylic acids is 1. The van der Waals surface area contributed by atoms with Gasteiger partial charge >= 0.3 is 0 Å². The number of nitrogens with one attached hydrogen (secondary N) is 1. The van der Waals surface area contributed by atoms with Gasteiger partial charge in [-0.2, -0.15) is 0 Å². The third-order valence-electron chi connectivity index (χ3n) is 3.92. The maximum atomic E-state index is 13.3. The molecule has 0 spiro atoms. The third-order valence-corrected chi connectivity index (χ3v) is 3.92. The molecular formula is C21H19FN2O2. The van der Waals surface area contributed by atoms with Crippen LogP contribution in [0.1, 0.15) is 28.4 Å². The molecule has 0 aliphatic heterocycles. The van der Waals surface area contributed by atoms with Gasteiger partial charge in [-0.25, -0.2) is 9.37 Å². The Morgan fingerprint density at radius 1 is 1.12 bits per heavy atom. The van der Waals surface area contributed by atoms with E-state index in [9.17, 15) is 9.18 Å². The van der Waals surface area contributed by atoms with Gasteiger partial charge < -0.3 is 10.1 Å². The minimum Gasteiger partial charge on any atom is -0.439 e.